The molecule has 0 spiro atoms. The maximum Gasteiger partial charge on any atom is 0.256 e. The number of hydrogen-bond acceptors (Lipinski definition) is 18. The van der Waals surface area contributed by atoms with Gasteiger partial charge in [-0.1, -0.05) is 137 Å². The Morgan fingerprint density at radius 3 is 0.964 bits per heavy atom. The number of carbonyl (C=O) groups is 18. The maximum absolute atomic E-state index is 12.9. The summed E-state index contributed by atoms with van der Waals surface area (Å²) < 4.78 is 0. The molecule has 0 bridgehead atoms. The van der Waals surface area contributed by atoms with Gasteiger partial charge in [0, 0.05) is 150 Å². The van der Waals surface area contributed by atoms with Crippen LogP contribution in [-0.4, -0.2) is 172 Å². The van der Waals surface area contributed by atoms with Crippen molar-refractivity contribution in [2.24, 2.45) is 21.7 Å². The van der Waals surface area contributed by atoms with Crippen molar-refractivity contribution in [2.45, 2.75) is 288 Å². The smallest absolute Gasteiger partial charge is 0.256 e. The number of benzene rings is 6. The highest BCUT2D eigenvalue weighted by molar-refractivity contribution is 6.11. The second-order valence-corrected chi connectivity index (χ2v) is 43.0. The molecule has 30 nitrogen and oxygen atoms in total. The molecule has 728 valence electrons. The van der Waals surface area contributed by atoms with E-state index in [4.69, 9.17) is 0 Å². The van der Waals surface area contributed by atoms with E-state index in [0.717, 1.165) is 55.6 Å². The lowest BCUT2D eigenvalue weighted by Gasteiger charge is -2.29. The summed E-state index contributed by atoms with van der Waals surface area (Å²) in [6, 6.07) is 30.4. The molecular formula is C110H120N12O18. The number of rotatable bonds is 6. The van der Waals surface area contributed by atoms with Crippen LogP contribution in [0.25, 0.3) is 0 Å². The van der Waals surface area contributed by atoms with Crippen molar-refractivity contribution in [3.05, 3.63) is 209 Å². The Kier molecular flexibility index (Phi) is 29.8. The van der Waals surface area contributed by atoms with Gasteiger partial charge in [-0.25, -0.2) is 0 Å². The second kappa shape index (κ2) is 40.7. The third-order valence-corrected chi connectivity index (χ3v) is 25.3. The molecule has 6 aromatic rings. The van der Waals surface area contributed by atoms with Crippen molar-refractivity contribution in [2.75, 3.05) is 0 Å². The van der Waals surface area contributed by atoms with Gasteiger partial charge in [0.1, 0.15) is 36.3 Å². The summed E-state index contributed by atoms with van der Waals surface area (Å²) in [4.78, 5) is 225. The first-order valence-electron chi connectivity index (χ1n) is 47.3. The summed E-state index contributed by atoms with van der Waals surface area (Å²) in [5, 5.41) is 13.9. The van der Waals surface area contributed by atoms with Gasteiger partial charge in [0.15, 0.2) is 0 Å². The number of nitrogens with zero attached hydrogens (tertiary/aromatic N) is 6. The zero-order valence-electron chi connectivity index (χ0n) is 82.6. The van der Waals surface area contributed by atoms with Crippen LogP contribution in [-0.2, 0) is 108 Å². The Labute approximate surface area is 815 Å². The molecule has 12 aliphatic heterocycles. The number of hydrogen-bond donors (Lipinski definition) is 6. The van der Waals surface area contributed by atoms with E-state index < -0.39 is 48.1 Å². The topological polar surface area (TPSA) is 399 Å². The minimum atomic E-state index is -0.592. The van der Waals surface area contributed by atoms with Gasteiger partial charge in [0.2, 0.25) is 70.9 Å². The van der Waals surface area contributed by atoms with Gasteiger partial charge < -0.3 is 29.4 Å². The number of imide groups is 6. The van der Waals surface area contributed by atoms with E-state index in [-0.39, 0.29) is 166 Å². The lowest BCUT2D eigenvalue weighted by molar-refractivity contribution is -0.138. The van der Waals surface area contributed by atoms with Gasteiger partial charge in [-0.2, -0.15) is 0 Å². The molecule has 12 heterocycles. The molecule has 6 aromatic carbocycles. The molecule has 12 aliphatic rings. The molecule has 6 unspecified atom stereocenters. The Morgan fingerprint density at radius 2 is 0.564 bits per heavy atom. The molecule has 18 rings (SSSR count). The van der Waals surface area contributed by atoms with Gasteiger partial charge in [0.25, 0.3) is 35.4 Å². The zero-order chi connectivity index (χ0) is 102. The normalized spacial score (nSPS) is 20.8. The van der Waals surface area contributed by atoms with Gasteiger partial charge >= 0.3 is 0 Å². The molecule has 0 aromatic heterocycles. The number of piperidine rings is 6. The first-order valence-corrected chi connectivity index (χ1v) is 47.3. The molecule has 6 saturated heterocycles. The summed E-state index contributed by atoms with van der Waals surface area (Å²) >= 11 is 0. The van der Waals surface area contributed by atoms with Crippen LogP contribution in [0.15, 0.2) is 109 Å². The van der Waals surface area contributed by atoms with Gasteiger partial charge in [-0.05, 0) is 238 Å². The summed E-state index contributed by atoms with van der Waals surface area (Å²) in [5.41, 5.74) is 14.2. The van der Waals surface area contributed by atoms with E-state index in [9.17, 15) is 86.3 Å². The van der Waals surface area contributed by atoms with Crippen molar-refractivity contribution in [1.29, 1.82) is 0 Å². The number of nitrogens with one attached hydrogen (secondary N) is 6. The highest BCUT2D eigenvalue weighted by Gasteiger charge is 2.47. The Hall–Kier alpha value is -14.8. The van der Waals surface area contributed by atoms with E-state index >= 15 is 0 Å². The van der Waals surface area contributed by atoms with Crippen LogP contribution >= 0.6 is 0 Å². The number of fused-ring (bicyclic) bond motifs is 6. The fourth-order valence-electron chi connectivity index (χ4n) is 18.1. The van der Waals surface area contributed by atoms with E-state index in [1.807, 2.05) is 168 Å². The van der Waals surface area contributed by atoms with Crippen LogP contribution in [0.1, 0.15) is 331 Å². The molecule has 0 radical (unpaired) electrons. The molecule has 30 heteroatoms. The van der Waals surface area contributed by atoms with Crippen LogP contribution < -0.4 is 31.9 Å². The Bertz CT molecular complexity index is 6450. The fraction of sp³-hybridized carbons (Fsp3) is 0.436. The largest absolute Gasteiger partial charge is 0.322 e. The van der Waals surface area contributed by atoms with E-state index in [2.05, 4.69) is 127 Å². The molecular weight excluding hydrogens is 1780 g/mol. The third kappa shape index (κ3) is 24.1. The van der Waals surface area contributed by atoms with Crippen molar-refractivity contribution in [1.82, 2.24) is 61.3 Å². The highest BCUT2D eigenvalue weighted by atomic mass is 16.2. The lowest BCUT2D eigenvalue weighted by atomic mass is 9.83. The van der Waals surface area contributed by atoms with Crippen LogP contribution in [0.4, 0.5) is 0 Å². The van der Waals surface area contributed by atoms with E-state index in [1.165, 1.54) is 5.56 Å². The predicted molar refractivity (Wildman–Crippen MR) is 518 cm³/mol. The number of amides is 18. The van der Waals surface area contributed by atoms with E-state index in [0.29, 0.717) is 117 Å². The third-order valence-electron chi connectivity index (χ3n) is 25.3. The van der Waals surface area contributed by atoms with E-state index in [1.54, 1.807) is 47.6 Å². The predicted octanol–water partition coefficient (Wildman–Crippen LogP) is 10.9. The van der Waals surface area contributed by atoms with Crippen LogP contribution in [0.3, 0.4) is 0 Å². The molecule has 0 saturated carbocycles. The molecule has 6 atom stereocenters. The van der Waals surface area contributed by atoms with Gasteiger partial charge in [-0.3, -0.25) is 118 Å². The summed E-state index contributed by atoms with van der Waals surface area (Å²) in [5.74, 6) is 20.3. The van der Waals surface area contributed by atoms with Crippen molar-refractivity contribution in [3.63, 3.8) is 0 Å². The maximum atomic E-state index is 12.9. The average Bonchev–Trinajstić information content (AvgIpc) is 1.61. The summed E-state index contributed by atoms with van der Waals surface area (Å²) in [7, 11) is 0. The molecule has 6 fully saturated rings. The first-order chi connectivity index (χ1) is 65.6. The van der Waals surface area contributed by atoms with Crippen molar-refractivity contribution >= 4 is 106 Å². The summed E-state index contributed by atoms with van der Waals surface area (Å²) in [6.45, 7) is 39.5. The highest BCUT2D eigenvalue weighted by Crippen LogP contribution is 2.39. The molecule has 140 heavy (non-hydrogen) atoms. The summed E-state index contributed by atoms with van der Waals surface area (Å²) in [6.07, 6.45) is 3.89. The number of carbonyl (C=O) groups excluding carboxylic acids is 18. The quantitative estimate of drug-likeness (QED) is 0.0666. The average molecular weight is 1900 g/mol. The standard InChI is InChI=1S/4C19H20N2O3.2C17H20N2O3/c1-19(2,3)9-8-12-4-5-14-13(10-12)11-21(18(14)24)15-6-7-16(22)20-17(15)23;1-19(2,3)9-8-12-4-5-13-11-21(18(24)14(13)10-12)15-6-7-16(22)20-17(15)23;1-19(2,3)10-9-12-5-4-6-13-14(12)11-21(18(13)24)15-7-8-16(22)20-17(15)23;1-19(2,3)10-9-12-5-4-6-13-11-21(18(24)16(12)13)14-7-8-15(22)20-17(14)23;1-17(2,3)11-4-5-12-10(8-11)9-19(16(12)22)13-6-7-14(20)18-15(13)21;1-17(2,3)12-6-4-5-10-11(12)9-19(16(10)22)13-7-8-14(20)18-15(13)21/h2*4-5,10,15H,6-7,11H2,1-3H3,(H,20,22,23);4-6,15H,7-8,11H2,1-3H3,(H,20,22,23);4-6,14H,7-8,11H2,1-3H3,(H,20,22,23);4-5,8,13H,6-7,9H2,1-3H3,(H,18,20,21);4-6,13H,7-9H2,1-3H3,(H,18,20,21). The lowest BCUT2D eigenvalue weighted by Crippen LogP contribution is -2.52. The van der Waals surface area contributed by atoms with Crippen LogP contribution in [0.2, 0.25) is 0 Å². The van der Waals surface area contributed by atoms with Crippen molar-refractivity contribution < 1.29 is 86.3 Å². The van der Waals surface area contributed by atoms with Gasteiger partial charge in [0.05, 0.1) is 5.56 Å². The minimum Gasteiger partial charge on any atom is -0.322 e. The van der Waals surface area contributed by atoms with Crippen molar-refractivity contribution in [3.8, 4) is 47.4 Å². The molecule has 0 aliphatic carbocycles. The van der Waals surface area contributed by atoms with Gasteiger partial charge in [-0.15, -0.1) is 0 Å². The molecule has 6 N–H and O–H groups in total. The second-order valence-electron chi connectivity index (χ2n) is 43.0. The zero-order valence-corrected chi connectivity index (χ0v) is 82.6. The Balaban J connectivity index is 0.000000142. The Morgan fingerprint density at radius 1 is 0.257 bits per heavy atom. The monoisotopic (exact) mass is 1900 g/mol. The fourth-order valence-corrected chi connectivity index (χ4v) is 18.1. The molecule has 18 amide bonds. The van der Waals surface area contributed by atoms with Crippen LogP contribution in [0.5, 0.6) is 0 Å². The van der Waals surface area contributed by atoms with Crippen LogP contribution in [0, 0.1) is 69.0 Å². The SMILES string of the molecule is CC(C)(C)C#Cc1ccc2c(c1)C(=O)N(C1CCC(=O)NC1=O)C2.CC(C)(C)C#Cc1ccc2c(c1)CN(C1CCC(=O)NC1=O)C2=O.CC(C)(C)C#Cc1cccc2c1C(=O)N(C1CCC(=O)NC1=O)C2.CC(C)(C)C#Cc1cccc2c1CN(C1CCC(=O)NC1=O)C2=O.CC(C)(C)c1ccc2c(c1)CN(C1CCC(=O)NC1=O)C2=O.CC(C)(C)c1cccc2c1CN(C1CCC(=O)NC1=O)C2=O. The first kappa shape index (κ1) is 103. The minimum absolute atomic E-state index is 0.0140.